The Labute approximate surface area is 69.2 Å². The molecule has 64 valence electrons. The summed E-state index contributed by atoms with van der Waals surface area (Å²) in [6.45, 7) is 6.30. The number of hydrogen-bond donors (Lipinski definition) is 0. The minimum atomic E-state index is -0.0141. The minimum absolute atomic E-state index is 0.0141. The Balaban J connectivity index is 2.56. The van der Waals surface area contributed by atoms with Gasteiger partial charge in [0.25, 0.3) is 0 Å². The summed E-state index contributed by atoms with van der Waals surface area (Å²) in [5, 5.41) is 0. The molecule has 1 atom stereocenters. The van der Waals surface area contributed by atoms with Crippen LogP contribution in [0.25, 0.3) is 0 Å². The van der Waals surface area contributed by atoms with Crippen LogP contribution in [0.1, 0.15) is 46.5 Å². The van der Waals surface area contributed by atoms with Crippen LogP contribution in [0.4, 0.5) is 0 Å². The Morgan fingerprint density at radius 1 is 1.55 bits per heavy atom. The van der Waals surface area contributed by atoms with E-state index in [1.54, 1.807) is 0 Å². The Morgan fingerprint density at radius 2 is 2.18 bits per heavy atom. The van der Waals surface area contributed by atoms with Gasteiger partial charge in [0.2, 0.25) is 0 Å². The minimum Gasteiger partial charge on any atom is -0.299 e. The predicted molar refractivity (Wildman–Crippen MR) is 46.4 cm³/mol. The first-order chi connectivity index (χ1) is 5.08. The molecule has 0 aromatic rings. The summed E-state index contributed by atoms with van der Waals surface area (Å²) in [6, 6.07) is 0. The number of hydrogen-bond acceptors (Lipinski definition) is 1. The van der Waals surface area contributed by atoms with Crippen molar-refractivity contribution in [3.05, 3.63) is 0 Å². The van der Waals surface area contributed by atoms with Crippen LogP contribution in [-0.4, -0.2) is 5.78 Å². The molecule has 1 heteroatoms. The van der Waals surface area contributed by atoms with E-state index in [-0.39, 0.29) is 5.41 Å². The zero-order chi connectivity index (χ0) is 8.48. The molecule has 0 aromatic carbocycles. The Hall–Kier alpha value is -0.330. The van der Waals surface area contributed by atoms with Gasteiger partial charge in [-0.15, -0.1) is 0 Å². The average Bonchev–Trinajstić information content (AvgIpc) is 2.17. The molecular weight excluding hydrogens is 136 g/mol. The predicted octanol–water partition coefficient (Wildman–Crippen LogP) is 2.79. The Morgan fingerprint density at radius 3 is 2.55 bits per heavy atom. The summed E-state index contributed by atoms with van der Waals surface area (Å²) in [5.41, 5.74) is -0.0141. The van der Waals surface area contributed by atoms with E-state index < -0.39 is 0 Å². The van der Waals surface area contributed by atoms with Crippen molar-refractivity contribution in [3.63, 3.8) is 0 Å². The normalized spacial score (nSPS) is 29.4. The summed E-state index contributed by atoms with van der Waals surface area (Å²) in [6.07, 6.45) is 4.46. The van der Waals surface area contributed by atoms with Gasteiger partial charge in [0.15, 0.2) is 0 Å². The monoisotopic (exact) mass is 154 g/mol. The van der Waals surface area contributed by atoms with E-state index in [0.717, 1.165) is 25.7 Å². The summed E-state index contributed by atoms with van der Waals surface area (Å²) < 4.78 is 0. The van der Waals surface area contributed by atoms with Gasteiger partial charge in [-0.1, -0.05) is 27.2 Å². The summed E-state index contributed by atoms with van der Waals surface area (Å²) in [7, 11) is 0. The fourth-order valence-corrected chi connectivity index (χ4v) is 1.97. The first-order valence-electron chi connectivity index (χ1n) is 4.62. The number of rotatable bonds is 2. The molecule has 0 N–H and O–H groups in total. The van der Waals surface area contributed by atoms with Crippen molar-refractivity contribution in [2.24, 2.45) is 11.3 Å². The molecule has 0 saturated heterocycles. The van der Waals surface area contributed by atoms with Crippen LogP contribution >= 0.6 is 0 Å². The molecule has 1 saturated carbocycles. The van der Waals surface area contributed by atoms with Gasteiger partial charge in [0, 0.05) is 11.3 Å². The van der Waals surface area contributed by atoms with Crippen LogP contribution in [0.15, 0.2) is 0 Å². The molecule has 0 amide bonds. The van der Waals surface area contributed by atoms with E-state index in [1.165, 1.54) is 0 Å². The van der Waals surface area contributed by atoms with Gasteiger partial charge in [0.05, 0.1) is 0 Å². The highest BCUT2D eigenvalue weighted by Gasteiger charge is 2.39. The molecule has 0 aromatic heterocycles. The molecule has 0 spiro atoms. The maximum atomic E-state index is 11.6. The molecule has 1 aliphatic rings. The summed E-state index contributed by atoms with van der Waals surface area (Å²) >= 11 is 0. The highest BCUT2D eigenvalue weighted by molar-refractivity contribution is 5.88. The van der Waals surface area contributed by atoms with E-state index in [9.17, 15) is 4.79 Å². The molecule has 1 fully saturated rings. The Bertz CT molecular complexity index is 158. The second-order valence-electron chi connectivity index (χ2n) is 4.27. The summed E-state index contributed by atoms with van der Waals surface area (Å²) in [4.78, 5) is 11.6. The van der Waals surface area contributed by atoms with Crippen LogP contribution in [-0.2, 0) is 4.79 Å². The van der Waals surface area contributed by atoms with Crippen molar-refractivity contribution in [2.45, 2.75) is 46.5 Å². The van der Waals surface area contributed by atoms with Gasteiger partial charge in [-0.25, -0.2) is 0 Å². The third kappa shape index (κ3) is 1.63. The van der Waals surface area contributed by atoms with Crippen molar-refractivity contribution in [1.29, 1.82) is 0 Å². The van der Waals surface area contributed by atoms with Gasteiger partial charge < -0.3 is 0 Å². The van der Waals surface area contributed by atoms with Crippen LogP contribution in [0.5, 0.6) is 0 Å². The van der Waals surface area contributed by atoms with Crippen LogP contribution < -0.4 is 0 Å². The van der Waals surface area contributed by atoms with Gasteiger partial charge in [0.1, 0.15) is 5.78 Å². The van der Waals surface area contributed by atoms with Crippen molar-refractivity contribution in [2.75, 3.05) is 0 Å². The molecule has 0 aliphatic heterocycles. The van der Waals surface area contributed by atoms with Crippen molar-refractivity contribution in [1.82, 2.24) is 0 Å². The fourth-order valence-electron chi connectivity index (χ4n) is 1.97. The molecule has 0 bridgehead atoms. The average molecular weight is 154 g/mol. The van der Waals surface area contributed by atoms with E-state index in [2.05, 4.69) is 20.8 Å². The third-order valence-electron chi connectivity index (χ3n) is 2.79. The number of carbonyl (C=O) groups excluding carboxylic acids is 1. The maximum Gasteiger partial charge on any atom is 0.141 e. The number of Topliss-reactive ketones (excluding diaryl/α,β-unsaturated/α-hetero) is 1. The molecule has 1 aliphatic carbocycles. The third-order valence-corrected chi connectivity index (χ3v) is 2.79. The number of carbonyl (C=O) groups is 1. The highest BCUT2D eigenvalue weighted by atomic mass is 16.1. The zero-order valence-electron chi connectivity index (χ0n) is 7.81. The van der Waals surface area contributed by atoms with Crippen LogP contribution in [0, 0.1) is 11.3 Å². The number of ketones is 1. The largest absolute Gasteiger partial charge is 0.299 e. The molecule has 1 rings (SSSR count). The SMILES string of the molecule is CCCC1CCC(C)(C)C1=O. The molecular formula is C10H18O. The van der Waals surface area contributed by atoms with E-state index in [1.807, 2.05) is 0 Å². The topological polar surface area (TPSA) is 17.1 Å². The highest BCUT2D eigenvalue weighted by Crippen LogP contribution is 2.39. The lowest BCUT2D eigenvalue weighted by atomic mass is 9.88. The van der Waals surface area contributed by atoms with Gasteiger partial charge in [-0.05, 0) is 19.3 Å². The molecule has 1 nitrogen and oxygen atoms in total. The molecule has 1 unspecified atom stereocenters. The van der Waals surface area contributed by atoms with Crippen molar-refractivity contribution in [3.8, 4) is 0 Å². The van der Waals surface area contributed by atoms with Crippen LogP contribution in [0.3, 0.4) is 0 Å². The first kappa shape index (κ1) is 8.76. The van der Waals surface area contributed by atoms with Gasteiger partial charge in [-0.3, -0.25) is 4.79 Å². The fraction of sp³-hybridized carbons (Fsp3) is 0.900. The lowest BCUT2D eigenvalue weighted by Gasteiger charge is -2.15. The maximum absolute atomic E-state index is 11.6. The smallest absolute Gasteiger partial charge is 0.141 e. The van der Waals surface area contributed by atoms with Gasteiger partial charge >= 0.3 is 0 Å². The van der Waals surface area contributed by atoms with Crippen molar-refractivity contribution < 1.29 is 4.79 Å². The van der Waals surface area contributed by atoms with E-state index in [4.69, 9.17) is 0 Å². The second-order valence-corrected chi connectivity index (χ2v) is 4.27. The standard InChI is InChI=1S/C10H18O/c1-4-5-8-6-7-10(2,3)9(8)11/h8H,4-7H2,1-3H3. The van der Waals surface area contributed by atoms with E-state index >= 15 is 0 Å². The molecule has 0 radical (unpaired) electrons. The molecule has 11 heavy (non-hydrogen) atoms. The first-order valence-corrected chi connectivity index (χ1v) is 4.62. The molecule has 0 heterocycles. The summed E-state index contributed by atoms with van der Waals surface area (Å²) in [5.74, 6) is 0.884. The second kappa shape index (κ2) is 2.96. The van der Waals surface area contributed by atoms with E-state index in [0.29, 0.717) is 11.7 Å². The van der Waals surface area contributed by atoms with Gasteiger partial charge in [-0.2, -0.15) is 0 Å². The van der Waals surface area contributed by atoms with Crippen LogP contribution in [0.2, 0.25) is 0 Å². The zero-order valence-corrected chi connectivity index (χ0v) is 7.81. The quantitative estimate of drug-likeness (QED) is 0.597. The lowest BCUT2D eigenvalue weighted by molar-refractivity contribution is -0.127. The Kier molecular flexibility index (Phi) is 2.36. The van der Waals surface area contributed by atoms with Crippen molar-refractivity contribution >= 4 is 5.78 Å². The lowest BCUT2D eigenvalue weighted by Crippen LogP contribution is -2.21.